The van der Waals surface area contributed by atoms with Gasteiger partial charge in [0.2, 0.25) is 0 Å². The molecule has 3 aromatic heterocycles. The molecule has 0 saturated carbocycles. The van der Waals surface area contributed by atoms with Crippen LogP contribution in [-0.4, -0.2) is 30.0 Å². The summed E-state index contributed by atoms with van der Waals surface area (Å²) in [5, 5.41) is 8.82. The number of nitrogens with zero attached hydrogens (tertiary/aromatic N) is 4. The van der Waals surface area contributed by atoms with Gasteiger partial charge in [0, 0.05) is 53.9 Å². The number of anilines is 1. The molecule has 0 amide bonds. The van der Waals surface area contributed by atoms with Crippen molar-refractivity contribution in [3.8, 4) is 11.4 Å². The second-order valence-corrected chi connectivity index (χ2v) is 9.06. The number of carboxylic acids is 1. The van der Waals surface area contributed by atoms with Gasteiger partial charge in [0.1, 0.15) is 5.82 Å². The molecule has 0 radical (unpaired) electrons. The Balaban J connectivity index is 0.000000284. The molecule has 0 aliphatic carbocycles. The van der Waals surface area contributed by atoms with E-state index in [-0.39, 0.29) is 23.5 Å². The number of hydrogen-bond acceptors (Lipinski definition) is 6. The second-order valence-electron chi connectivity index (χ2n) is 7.34. The maximum Gasteiger partial charge on any atom is 0.303 e. The number of halogens is 3. The third-order valence-electron chi connectivity index (χ3n) is 3.75. The fourth-order valence-corrected chi connectivity index (χ4v) is 3.53. The highest BCUT2D eigenvalue weighted by atomic mass is 127. The molecular formula is C18H20F2IN5O2S. The standard InChI is InChI=1S/C11H6F2IN5S.C7H14O2/c12-5-1-6-7(4-19(20-14)11(6)17-2-5)10-16-3-8(13)9(15)18-10;1-7(2,3)5-4-6(8)9/h1-4H,(H2,15,16,18);4-5H2,1-3H3,(H,8,9). The Morgan fingerprint density at radius 1 is 1.31 bits per heavy atom. The Hall–Kier alpha value is -2.02. The molecule has 3 rings (SSSR count). The maximum atomic E-state index is 13.4. The fourth-order valence-electron chi connectivity index (χ4n) is 2.28. The zero-order valence-corrected chi connectivity index (χ0v) is 19.0. The van der Waals surface area contributed by atoms with Gasteiger partial charge >= 0.3 is 5.97 Å². The lowest BCUT2D eigenvalue weighted by Gasteiger charge is -2.15. The number of pyridine rings is 1. The summed E-state index contributed by atoms with van der Waals surface area (Å²) in [6, 6.07) is 1.34. The van der Waals surface area contributed by atoms with Crippen molar-refractivity contribution in [2.24, 2.45) is 5.41 Å². The first kappa shape index (κ1) is 23.3. The van der Waals surface area contributed by atoms with E-state index in [4.69, 9.17) is 10.8 Å². The van der Waals surface area contributed by atoms with E-state index in [9.17, 15) is 13.6 Å². The van der Waals surface area contributed by atoms with Crippen molar-refractivity contribution < 1.29 is 18.7 Å². The van der Waals surface area contributed by atoms with Crippen LogP contribution in [-0.2, 0) is 4.79 Å². The van der Waals surface area contributed by atoms with E-state index >= 15 is 0 Å². The van der Waals surface area contributed by atoms with Crippen LogP contribution in [0.5, 0.6) is 0 Å². The predicted molar refractivity (Wildman–Crippen MR) is 118 cm³/mol. The van der Waals surface area contributed by atoms with Crippen LogP contribution < -0.4 is 5.73 Å². The molecular weight excluding hydrogens is 515 g/mol. The number of rotatable bonds is 4. The largest absolute Gasteiger partial charge is 0.481 e. The lowest BCUT2D eigenvalue weighted by atomic mass is 9.91. The van der Waals surface area contributed by atoms with Crippen molar-refractivity contribution in [2.75, 3.05) is 5.73 Å². The van der Waals surface area contributed by atoms with Gasteiger partial charge in [-0.05, 0) is 17.9 Å². The molecule has 7 nitrogen and oxygen atoms in total. The Bertz CT molecular complexity index is 1020. The zero-order chi connectivity index (χ0) is 21.8. The molecule has 3 aromatic rings. The molecule has 156 valence electrons. The first-order valence-electron chi connectivity index (χ1n) is 8.47. The van der Waals surface area contributed by atoms with Crippen molar-refractivity contribution >= 4 is 53.1 Å². The SMILES string of the molecule is CC(C)(C)CCC(=O)O.Nc1nc(-c2cn(SI)c3ncc(F)cc23)ncc1F. The number of aliphatic carboxylic acids is 1. The summed E-state index contributed by atoms with van der Waals surface area (Å²) in [5.74, 6) is -1.88. The Morgan fingerprint density at radius 2 is 2.00 bits per heavy atom. The van der Waals surface area contributed by atoms with Crippen LogP contribution in [0.1, 0.15) is 33.6 Å². The van der Waals surface area contributed by atoms with Crippen LogP contribution in [0.2, 0.25) is 0 Å². The third-order valence-corrected chi connectivity index (χ3v) is 5.45. The number of aromatic nitrogens is 4. The van der Waals surface area contributed by atoms with E-state index in [1.165, 1.54) is 15.2 Å². The molecule has 3 N–H and O–H groups in total. The number of carboxylic acid groups (broad SMARTS) is 1. The molecule has 0 fully saturated rings. The summed E-state index contributed by atoms with van der Waals surface area (Å²) < 4.78 is 28.3. The number of carbonyl (C=O) groups is 1. The lowest BCUT2D eigenvalue weighted by molar-refractivity contribution is -0.137. The van der Waals surface area contributed by atoms with Gasteiger partial charge in [0.25, 0.3) is 0 Å². The summed E-state index contributed by atoms with van der Waals surface area (Å²) in [4.78, 5) is 21.9. The minimum atomic E-state index is -0.704. The molecule has 29 heavy (non-hydrogen) atoms. The first-order valence-corrected chi connectivity index (χ1v) is 11.8. The van der Waals surface area contributed by atoms with E-state index in [1.54, 1.807) is 10.2 Å². The van der Waals surface area contributed by atoms with Gasteiger partial charge in [-0.3, -0.25) is 8.77 Å². The normalized spacial score (nSPS) is 11.2. The van der Waals surface area contributed by atoms with Gasteiger partial charge in [-0.1, -0.05) is 20.8 Å². The van der Waals surface area contributed by atoms with Gasteiger partial charge in [-0.2, -0.15) is 0 Å². The van der Waals surface area contributed by atoms with Crippen molar-refractivity contribution in [2.45, 2.75) is 33.6 Å². The summed E-state index contributed by atoms with van der Waals surface area (Å²) in [6.07, 6.45) is 4.87. The molecule has 0 unspecified atom stereocenters. The van der Waals surface area contributed by atoms with Gasteiger partial charge < -0.3 is 10.8 Å². The Morgan fingerprint density at radius 3 is 2.52 bits per heavy atom. The first-order chi connectivity index (χ1) is 13.5. The molecule has 0 bridgehead atoms. The summed E-state index contributed by atoms with van der Waals surface area (Å²) >= 11 is 2.08. The minimum absolute atomic E-state index is 0.151. The molecule has 0 aromatic carbocycles. The molecule has 0 aliphatic rings. The lowest BCUT2D eigenvalue weighted by Crippen LogP contribution is -2.07. The van der Waals surface area contributed by atoms with Crippen molar-refractivity contribution in [1.29, 1.82) is 0 Å². The molecule has 0 spiro atoms. The monoisotopic (exact) mass is 535 g/mol. The van der Waals surface area contributed by atoms with Crippen molar-refractivity contribution in [1.82, 2.24) is 18.9 Å². The van der Waals surface area contributed by atoms with Gasteiger partial charge in [-0.15, -0.1) is 0 Å². The average Bonchev–Trinajstić information content (AvgIpc) is 3.00. The predicted octanol–water partition coefficient (Wildman–Crippen LogP) is 5.10. The molecule has 3 heterocycles. The highest BCUT2D eigenvalue weighted by molar-refractivity contribution is 14.2. The molecule has 11 heteroatoms. The average molecular weight is 535 g/mol. The second kappa shape index (κ2) is 9.65. The maximum absolute atomic E-state index is 13.4. The third kappa shape index (κ3) is 6.49. The Labute approximate surface area is 182 Å². The quantitative estimate of drug-likeness (QED) is 0.448. The van der Waals surface area contributed by atoms with E-state index in [1.807, 2.05) is 20.8 Å². The smallest absolute Gasteiger partial charge is 0.303 e. The van der Waals surface area contributed by atoms with E-state index in [2.05, 4.69) is 36.2 Å². The van der Waals surface area contributed by atoms with Crippen LogP contribution in [0.4, 0.5) is 14.6 Å². The fraction of sp³-hybridized carbons (Fsp3) is 0.333. The number of nitrogen functional groups attached to an aromatic ring is 1. The molecule has 0 saturated heterocycles. The molecule has 0 aliphatic heterocycles. The highest BCUT2D eigenvalue weighted by Crippen LogP contribution is 2.32. The van der Waals surface area contributed by atoms with Gasteiger partial charge in [0.05, 0.1) is 12.4 Å². The number of fused-ring (bicyclic) bond motifs is 1. The number of hydrogen-bond donors (Lipinski definition) is 2. The van der Waals surface area contributed by atoms with E-state index in [0.717, 1.165) is 18.8 Å². The summed E-state index contributed by atoms with van der Waals surface area (Å²) in [5.41, 5.74) is 6.71. The summed E-state index contributed by atoms with van der Waals surface area (Å²) in [6.45, 7) is 6.11. The van der Waals surface area contributed by atoms with E-state index in [0.29, 0.717) is 16.6 Å². The van der Waals surface area contributed by atoms with Crippen LogP contribution >= 0.6 is 30.3 Å². The zero-order valence-electron chi connectivity index (χ0n) is 16.0. The Kier molecular flexibility index (Phi) is 7.74. The molecule has 0 atom stereocenters. The highest BCUT2D eigenvalue weighted by Gasteiger charge is 2.16. The minimum Gasteiger partial charge on any atom is -0.481 e. The van der Waals surface area contributed by atoms with Crippen LogP contribution in [0.25, 0.3) is 22.4 Å². The van der Waals surface area contributed by atoms with Crippen LogP contribution in [0, 0.1) is 17.0 Å². The van der Waals surface area contributed by atoms with Crippen molar-refractivity contribution in [3.63, 3.8) is 0 Å². The van der Waals surface area contributed by atoms with Crippen molar-refractivity contribution in [3.05, 3.63) is 36.3 Å². The van der Waals surface area contributed by atoms with Gasteiger partial charge in [0.15, 0.2) is 23.1 Å². The topological polar surface area (TPSA) is 107 Å². The van der Waals surface area contributed by atoms with Crippen LogP contribution in [0.3, 0.4) is 0 Å². The van der Waals surface area contributed by atoms with E-state index < -0.39 is 17.6 Å². The summed E-state index contributed by atoms with van der Waals surface area (Å²) in [7, 11) is 1.37. The number of nitrogens with two attached hydrogens (primary N) is 1. The van der Waals surface area contributed by atoms with Crippen LogP contribution in [0.15, 0.2) is 24.7 Å². The van der Waals surface area contributed by atoms with Gasteiger partial charge in [-0.25, -0.2) is 23.7 Å².